The van der Waals surface area contributed by atoms with E-state index >= 15 is 0 Å². The zero-order chi connectivity index (χ0) is 11.0. The third-order valence-electron chi connectivity index (χ3n) is 2.65. The van der Waals surface area contributed by atoms with Crippen molar-refractivity contribution in [2.75, 3.05) is 5.12 Å². The summed E-state index contributed by atoms with van der Waals surface area (Å²) in [6, 6.07) is 8.23. The van der Waals surface area contributed by atoms with Crippen molar-refractivity contribution in [3.8, 4) is 0 Å². The average molecular weight is 201 g/mol. The SMILES string of the molecule is C=[N+]1C(C)=C(C)[N-]N1c1ccc(C)cc1. The van der Waals surface area contributed by atoms with Crippen LogP contribution in [0.5, 0.6) is 0 Å². The van der Waals surface area contributed by atoms with Crippen LogP contribution in [0, 0.1) is 6.92 Å². The molecule has 0 saturated carbocycles. The summed E-state index contributed by atoms with van der Waals surface area (Å²) in [5.41, 5.74) is 8.79. The number of hydrazine groups is 1. The van der Waals surface area contributed by atoms with Crippen LogP contribution >= 0.6 is 0 Å². The van der Waals surface area contributed by atoms with E-state index in [-0.39, 0.29) is 0 Å². The fourth-order valence-corrected chi connectivity index (χ4v) is 1.47. The predicted octanol–water partition coefficient (Wildman–Crippen LogP) is 2.98. The first-order valence-corrected chi connectivity index (χ1v) is 4.96. The molecule has 0 amide bonds. The lowest BCUT2D eigenvalue weighted by Gasteiger charge is -2.25. The first kappa shape index (κ1) is 9.77. The molecule has 1 aliphatic rings. The lowest BCUT2D eigenvalue weighted by molar-refractivity contribution is -0.467. The van der Waals surface area contributed by atoms with E-state index in [1.165, 1.54) is 5.56 Å². The minimum absolute atomic E-state index is 1.01. The first-order chi connectivity index (χ1) is 7.09. The van der Waals surface area contributed by atoms with Crippen LogP contribution in [0.2, 0.25) is 0 Å². The van der Waals surface area contributed by atoms with Gasteiger partial charge >= 0.3 is 0 Å². The molecule has 0 atom stereocenters. The Kier molecular flexibility index (Phi) is 2.23. The van der Waals surface area contributed by atoms with Crippen LogP contribution in [0.15, 0.2) is 35.7 Å². The van der Waals surface area contributed by atoms with Crippen molar-refractivity contribution in [1.82, 2.24) is 0 Å². The number of nitrogens with zero attached hydrogens (tertiary/aromatic N) is 3. The molecule has 2 rings (SSSR count). The summed E-state index contributed by atoms with van der Waals surface area (Å²) in [4.78, 5) is 0. The maximum absolute atomic E-state index is 4.43. The van der Waals surface area contributed by atoms with Gasteiger partial charge in [-0.1, -0.05) is 30.3 Å². The van der Waals surface area contributed by atoms with Gasteiger partial charge in [0.2, 0.25) is 0 Å². The second kappa shape index (κ2) is 3.42. The van der Waals surface area contributed by atoms with Crippen LogP contribution in [0.25, 0.3) is 5.43 Å². The highest BCUT2D eigenvalue weighted by molar-refractivity contribution is 5.52. The molecule has 3 heteroatoms. The van der Waals surface area contributed by atoms with Crippen molar-refractivity contribution in [2.45, 2.75) is 20.8 Å². The molecule has 0 radical (unpaired) electrons. The minimum atomic E-state index is 1.01. The number of hydrazone groups is 1. The highest BCUT2D eigenvalue weighted by Gasteiger charge is 2.18. The van der Waals surface area contributed by atoms with Crippen molar-refractivity contribution < 1.29 is 4.68 Å². The van der Waals surface area contributed by atoms with Crippen molar-refractivity contribution in [2.24, 2.45) is 0 Å². The summed E-state index contributed by atoms with van der Waals surface area (Å²) >= 11 is 0. The van der Waals surface area contributed by atoms with Crippen molar-refractivity contribution in [1.29, 1.82) is 0 Å². The zero-order valence-electron chi connectivity index (χ0n) is 9.36. The van der Waals surface area contributed by atoms with Crippen LogP contribution in [-0.4, -0.2) is 11.4 Å². The summed E-state index contributed by atoms with van der Waals surface area (Å²) in [6.07, 6.45) is 0. The van der Waals surface area contributed by atoms with Gasteiger partial charge in [-0.05, 0) is 19.1 Å². The fourth-order valence-electron chi connectivity index (χ4n) is 1.47. The molecule has 15 heavy (non-hydrogen) atoms. The lowest BCUT2D eigenvalue weighted by atomic mass is 10.2. The van der Waals surface area contributed by atoms with E-state index in [1.807, 2.05) is 31.1 Å². The molecular formula is C12H15N3. The quantitative estimate of drug-likeness (QED) is 0.640. The van der Waals surface area contributed by atoms with Gasteiger partial charge in [-0.3, -0.25) is 0 Å². The van der Waals surface area contributed by atoms with E-state index in [2.05, 4.69) is 31.2 Å². The molecule has 0 N–H and O–H groups in total. The number of hydrogen-bond donors (Lipinski definition) is 0. The van der Waals surface area contributed by atoms with Gasteiger partial charge < -0.3 is 5.43 Å². The molecule has 0 bridgehead atoms. The number of anilines is 1. The van der Waals surface area contributed by atoms with Crippen LogP contribution in [0.3, 0.4) is 0 Å². The Morgan fingerprint density at radius 3 is 2.20 bits per heavy atom. The molecule has 1 aromatic carbocycles. The molecular weight excluding hydrogens is 186 g/mol. The number of benzene rings is 1. The van der Waals surface area contributed by atoms with E-state index in [0.717, 1.165) is 17.1 Å². The highest BCUT2D eigenvalue weighted by Crippen LogP contribution is 2.30. The molecule has 1 aliphatic heterocycles. The summed E-state index contributed by atoms with van der Waals surface area (Å²) in [5, 5.41) is 1.81. The Labute approximate surface area is 90.3 Å². The van der Waals surface area contributed by atoms with Gasteiger partial charge in [0.15, 0.2) is 12.4 Å². The molecule has 0 saturated heterocycles. The Balaban J connectivity index is 2.29. The molecule has 0 fully saturated rings. The van der Waals surface area contributed by atoms with Crippen molar-refractivity contribution >= 4 is 12.4 Å². The number of aryl methyl sites for hydroxylation is 1. The van der Waals surface area contributed by atoms with Gasteiger partial charge in [-0.25, -0.2) is 5.12 Å². The zero-order valence-corrected chi connectivity index (χ0v) is 9.36. The Morgan fingerprint density at radius 2 is 1.73 bits per heavy atom. The Morgan fingerprint density at radius 1 is 1.13 bits per heavy atom. The number of rotatable bonds is 1. The maximum Gasteiger partial charge on any atom is 0.189 e. The van der Waals surface area contributed by atoms with Gasteiger partial charge in [0.05, 0.1) is 5.69 Å². The van der Waals surface area contributed by atoms with Crippen LogP contribution in [0.1, 0.15) is 19.4 Å². The standard InChI is InChI=1S/C12H15N3/c1-9-5-7-12(8-6-9)15-13-10(2)11(3)14(15)4/h5-8H,4H2,1-3H3. The smallest absolute Gasteiger partial charge is 0.189 e. The van der Waals surface area contributed by atoms with Crippen molar-refractivity contribution in [3.05, 3.63) is 46.6 Å². The van der Waals surface area contributed by atoms with Crippen LogP contribution in [-0.2, 0) is 0 Å². The molecule has 1 aromatic rings. The normalized spacial score (nSPS) is 15.9. The Bertz CT molecular complexity index is 429. The maximum atomic E-state index is 4.43. The molecule has 0 spiro atoms. The number of allylic oxidation sites excluding steroid dienone is 2. The third kappa shape index (κ3) is 1.61. The van der Waals surface area contributed by atoms with Gasteiger partial charge in [-0.15, -0.1) is 4.68 Å². The second-order valence-electron chi connectivity index (χ2n) is 3.80. The highest BCUT2D eigenvalue weighted by atomic mass is 15.8. The van der Waals surface area contributed by atoms with Crippen molar-refractivity contribution in [3.63, 3.8) is 0 Å². The molecule has 0 aliphatic carbocycles. The average Bonchev–Trinajstić information content (AvgIpc) is 2.47. The van der Waals surface area contributed by atoms with Crippen LogP contribution in [0.4, 0.5) is 5.69 Å². The molecule has 78 valence electrons. The third-order valence-corrected chi connectivity index (χ3v) is 2.65. The second-order valence-corrected chi connectivity index (χ2v) is 3.80. The summed E-state index contributed by atoms with van der Waals surface area (Å²) in [5.74, 6) is 0. The van der Waals surface area contributed by atoms with Gasteiger partial charge in [0.25, 0.3) is 0 Å². The van der Waals surface area contributed by atoms with E-state index in [9.17, 15) is 0 Å². The van der Waals surface area contributed by atoms with E-state index in [1.54, 1.807) is 4.68 Å². The predicted molar refractivity (Wildman–Crippen MR) is 62.8 cm³/mol. The lowest BCUT2D eigenvalue weighted by Crippen LogP contribution is -2.23. The topological polar surface area (TPSA) is 20.4 Å². The fraction of sp³-hybridized carbons (Fsp3) is 0.250. The molecule has 0 aromatic heterocycles. The molecule has 1 heterocycles. The van der Waals surface area contributed by atoms with Gasteiger partial charge in [0.1, 0.15) is 0 Å². The molecule has 3 nitrogen and oxygen atoms in total. The van der Waals surface area contributed by atoms with E-state index in [0.29, 0.717) is 0 Å². The number of hydrogen-bond acceptors (Lipinski definition) is 1. The molecule has 0 unspecified atom stereocenters. The Hall–Kier alpha value is -1.77. The van der Waals surface area contributed by atoms with E-state index in [4.69, 9.17) is 0 Å². The minimum Gasteiger partial charge on any atom is -0.535 e. The van der Waals surface area contributed by atoms with Crippen LogP contribution < -0.4 is 5.12 Å². The first-order valence-electron chi connectivity index (χ1n) is 4.96. The summed E-state index contributed by atoms with van der Waals surface area (Å²) in [7, 11) is 0. The monoisotopic (exact) mass is 201 g/mol. The summed E-state index contributed by atoms with van der Waals surface area (Å²) in [6.45, 7) is 10.0. The largest absolute Gasteiger partial charge is 0.535 e. The van der Waals surface area contributed by atoms with Gasteiger partial charge in [-0.2, -0.15) is 0 Å². The summed E-state index contributed by atoms with van der Waals surface area (Å²) < 4.78 is 1.81. The van der Waals surface area contributed by atoms with Gasteiger partial charge in [0, 0.05) is 6.92 Å². The van der Waals surface area contributed by atoms with E-state index < -0.39 is 0 Å².